The first-order chi connectivity index (χ1) is 8.90. The van der Waals surface area contributed by atoms with E-state index < -0.39 is 0 Å². The number of nitrogens with zero attached hydrogens (tertiary/aromatic N) is 2. The SMILES string of the molecule is c1cncc(CN(CC2CC2)CC2CCCN2)c1. The van der Waals surface area contributed by atoms with Crippen LogP contribution in [0.4, 0.5) is 0 Å². The van der Waals surface area contributed by atoms with Gasteiger partial charge in [0.05, 0.1) is 0 Å². The van der Waals surface area contributed by atoms with Crippen LogP contribution in [0.5, 0.6) is 0 Å². The van der Waals surface area contributed by atoms with E-state index in [1.54, 1.807) is 0 Å². The third kappa shape index (κ3) is 3.53. The Morgan fingerprint density at radius 1 is 1.28 bits per heavy atom. The highest BCUT2D eigenvalue weighted by Gasteiger charge is 2.26. The summed E-state index contributed by atoms with van der Waals surface area (Å²) in [6.45, 7) is 4.73. The Morgan fingerprint density at radius 2 is 2.22 bits per heavy atom. The molecule has 3 heteroatoms. The lowest BCUT2D eigenvalue weighted by Crippen LogP contribution is -2.38. The van der Waals surface area contributed by atoms with E-state index in [2.05, 4.69) is 21.3 Å². The number of hydrogen-bond acceptors (Lipinski definition) is 3. The fraction of sp³-hybridized carbons (Fsp3) is 0.667. The van der Waals surface area contributed by atoms with E-state index in [1.807, 2.05) is 18.5 Å². The summed E-state index contributed by atoms with van der Waals surface area (Å²) in [5.41, 5.74) is 1.34. The molecular weight excluding hydrogens is 222 g/mol. The number of nitrogens with one attached hydrogen (secondary N) is 1. The molecule has 3 nitrogen and oxygen atoms in total. The molecule has 2 fully saturated rings. The third-order valence-corrected chi connectivity index (χ3v) is 3.98. The molecule has 0 bridgehead atoms. The molecule has 0 aromatic carbocycles. The average Bonchev–Trinajstić information content (AvgIpc) is 3.05. The van der Waals surface area contributed by atoms with Gasteiger partial charge in [0.25, 0.3) is 0 Å². The van der Waals surface area contributed by atoms with E-state index in [9.17, 15) is 0 Å². The molecule has 18 heavy (non-hydrogen) atoms. The van der Waals surface area contributed by atoms with Gasteiger partial charge >= 0.3 is 0 Å². The fourth-order valence-electron chi connectivity index (χ4n) is 2.84. The second-order valence-electron chi connectivity index (χ2n) is 5.79. The van der Waals surface area contributed by atoms with Gasteiger partial charge in [0, 0.05) is 38.1 Å². The smallest absolute Gasteiger partial charge is 0.0312 e. The van der Waals surface area contributed by atoms with Crippen molar-refractivity contribution in [1.82, 2.24) is 15.2 Å². The highest BCUT2D eigenvalue weighted by molar-refractivity contribution is 5.08. The Bertz CT molecular complexity index is 355. The summed E-state index contributed by atoms with van der Waals surface area (Å²) in [7, 11) is 0. The summed E-state index contributed by atoms with van der Waals surface area (Å²) in [6.07, 6.45) is 9.40. The van der Waals surface area contributed by atoms with Crippen LogP contribution in [-0.4, -0.2) is 35.6 Å². The predicted octanol–water partition coefficient (Wildman–Crippen LogP) is 2.05. The van der Waals surface area contributed by atoms with E-state index in [-0.39, 0.29) is 0 Å². The Hall–Kier alpha value is -0.930. The van der Waals surface area contributed by atoms with Crippen molar-refractivity contribution in [2.24, 2.45) is 5.92 Å². The number of aromatic nitrogens is 1. The van der Waals surface area contributed by atoms with Crippen LogP contribution >= 0.6 is 0 Å². The van der Waals surface area contributed by atoms with Gasteiger partial charge in [0.2, 0.25) is 0 Å². The maximum atomic E-state index is 4.22. The summed E-state index contributed by atoms with van der Waals surface area (Å²) < 4.78 is 0. The lowest BCUT2D eigenvalue weighted by molar-refractivity contribution is 0.231. The van der Waals surface area contributed by atoms with E-state index in [0.717, 1.165) is 12.5 Å². The van der Waals surface area contributed by atoms with Crippen LogP contribution in [0.2, 0.25) is 0 Å². The Balaban J connectivity index is 1.57. The zero-order valence-corrected chi connectivity index (χ0v) is 11.0. The Labute approximate surface area is 110 Å². The Kier molecular flexibility index (Phi) is 3.91. The zero-order chi connectivity index (χ0) is 12.2. The quantitative estimate of drug-likeness (QED) is 0.831. The molecule has 1 atom stereocenters. The van der Waals surface area contributed by atoms with E-state index >= 15 is 0 Å². The van der Waals surface area contributed by atoms with Gasteiger partial charge in [-0.3, -0.25) is 9.88 Å². The van der Waals surface area contributed by atoms with Crippen molar-refractivity contribution in [2.45, 2.75) is 38.3 Å². The molecular formula is C15H23N3. The van der Waals surface area contributed by atoms with Gasteiger partial charge in [-0.15, -0.1) is 0 Å². The molecule has 1 N–H and O–H groups in total. The number of rotatable bonds is 6. The van der Waals surface area contributed by atoms with Crippen LogP contribution < -0.4 is 5.32 Å². The summed E-state index contributed by atoms with van der Waals surface area (Å²) in [5, 5.41) is 3.61. The van der Waals surface area contributed by atoms with Gasteiger partial charge in [0.15, 0.2) is 0 Å². The normalized spacial score (nSPS) is 23.7. The standard InChI is InChI=1S/C15H23N3/c1-3-14(9-16-7-1)11-18(10-13-5-6-13)12-15-4-2-8-17-15/h1,3,7,9,13,15,17H,2,4-6,8,10-12H2. The minimum Gasteiger partial charge on any atom is -0.313 e. The monoisotopic (exact) mass is 245 g/mol. The molecule has 1 aromatic rings. The molecule has 2 aliphatic rings. The number of pyridine rings is 1. The second kappa shape index (κ2) is 5.81. The highest BCUT2D eigenvalue weighted by atomic mass is 15.2. The van der Waals surface area contributed by atoms with Crippen molar-refractivity contribution in [1.29, 1.82) is 0 Å². The van der Waals surface area contributed by atoms with Crippen LogP contribution in [0.3, 0.4) is 0 Å². The summed E-state index contributed by atoms with van der Waals surface area (Å²) >= 11 is 0. The van der Waals surface area contributed by atoms with Crippen molar-refractivity contribution in [3.63, 3.8) is 0 Å². The van der Waals surface area contributed by atoms with Gasteiger partial charge < -0.3 is 5.32 Å². The molecule has 1 unspecified atom stereocenters. The first kappa shape index (κ1) is 12.1. The van der Waals surface area contributed by atoms with Crippen molar-refractivity contribution >= 4 is 0 Å². The van der Waals surface area contributed by atoms with E-state index in [0.29, 0.717) is 6.04 Å². The Morgan fingerprint density at radius 3 is 2.89 bits per heavy atom. The molecule has 98 valence electrons. The van der Waals surface area contributed by atoms with E-state index in [1.165, 1.54) is 50.9 Å². The van der Waals surface area contributed by atoms with Gasteiger partial charge in [0.1, 0.15) is 0 Å². The van der Waals surface area contributed by atoms with Crippen LogP contribution in [0.1, 0.15) is 31.2 Å². The largest absolute Gasteiger partial charge is 0.313 e. The molecule has 3 rings (SSSR count). The first-order valence-corrected chi connectivity index (χ1v) is 7.25. The van der Waals surface area contributed by atoms with Crippen LogP contribution in [0, 0.1) is 5.92 Å². The average molecular weight is 245 g/mol. The predicted molar refractivity (Wildman–Crippen MR) is 73.3 cm³/mol. The van der Waals surface area contributed by atoms with Crippen LogP contribution in [-0.2, 0) is 6.54 Å². The third-order valence-electron chi connectivity index (χ3n) is 3.98. The van der Waals surface area contributed by atoms with Gasteiger partial charge in [-0.05, 0) is 49.8 Å². The molecule has 0 amide bonds. The highest BCUT2D eigenvalue weighted by Crippen LogP contribution is 2.30. The van der Waals surface area contributed by atoms with Crippen molar-refractivity contribution in [3.8, 4) is 0 Å². The minimum absolute atomic E-state index is 0.709. The molecule has 1 aliphatic carbocycles. The summed E-state index contributed by atoms with van der Waals surface area (Å²) in [6, 6.07) is 4.94. The summed E-state index contributed by atoms with van der Waals surface area (Å²) in [5.74, 6) is 0.961. The minimum atomic E-state index is 0.709. The molecule has 1 aliphatic heterocycles. The molecule has 0 spiro atoms. The second-order valence-corrected chi connectivity index (χ2v) is 5.79. The number of hydrogen-bond donors (Lipinski definition) is 1. The lowest BCUT2D eigenvalue weighted by atomic mass is 10.2. The topological polar surface area (TPSA) is 28.2 Å². The van der Waals surface area contributed by atoms with Crippen molar-refractivity contribution < 1.29 is 0 Å². The molecule has 1 aromatic heterocycles. The maximum Gasteiger partial charge on any atom is 0.0312 e. The van der Waals surface area contributed by atoms with E-state index in [4.69, 9.17) is 0 Å². The zero-order valence-electron chi connectivity index (χ0n) is 11.0. The molecule has 0 radical (unpaired) electrons. The maximum absolute atomic E-state index is 4.22. The van der Waals surface area contributed by atoms with Crippen LogP contribution in [0.15, 0.2) is 24.5 Å². The molecule has 1 saturated heterocycles. The van der Waals surface area contributed by atoms with Crippen molar-refractivity contribution in [3.05, 3.63) is 30.1 Å². The lowest BCUT2D eigenvalue weighted by Gasteiger charge is -2.25. The van der Waals surface area contributed by atoms with Gasteiger partial charge in [-0.1, -0.05) is 6.07 Å². The fourth-order valence-corrected chi connectivity index (χ4v) is 2.84. The summed E-state index contributed by atoms with van der Waals surface area (Å²) in [4.78, 5) is 6.84. The van der Waals surface area contributed by atoms with Crippen LogP contribution in [0.25, 0.3) is 0 Å². The molecule has 2 heterocycles. The van der Waals surface area contributed by atoms with Gasteiger partial charge in [-0.25, -0.2) is 0 Å². The molecule has 1 saturated carbocycles. The van der Waals surface area contributed by atoms with Gasteiger partial charge in [-0.2, -0.15) is 0 Å². The van der Waals surface area contributed by atoms with Crippen molar-refractivity contribution in [2.75, 3.05) is 19.6 Å². The first-order valence-electron chi connectivity index (χ1n) is 7.25.